The minimum Gasteiger partial charge on any atom is -0.493 e. The molecule has 142 valence electrons. The molecule has 0 aliphatic rings. The van der Waals surface area contributed by atoms with Gasteiger partial charge in [0.05, 0.1) is 20.4 Å². The zero-order valence-corrected chi connectivity index (χ0v) is 15.4. The summed E-state index contributed by atoms with van der Waals surface area (Å²) in [7, 11) is 4.67. The van der Waals surface area contributed by atoms with Crippen molar-refractivity contribution in [3.8, 4) is 11.5 Å². The third kappa shape index (κ3) is 3.28. The van der Waals surface area contributed by atoms with Crippen molar-refractivity contribution in [2.75, 3.05) is 19.6 Å². The van der Waals surface area contributed by atoms with Crippen molar-refractivity contribution in [3.05, 3.63) is 44.6 Å². The second kappa shape index (κ2) is 7.36. The fourth-order valence-electron chi connectivity index (χ4n) is 2.73. The van der Waals surface area contributed by atoms with E-state index in [1.165, 1.54) is 4.57 Å². The van der Waals surface area contributed by atoms with Gasteiger partial charge < -0.3 is 14.0 Å². The highest BCUT2D eigenvalue weighted by Crippen LogP contribution is 2.26. The number of hydrogen-bond donors (Lipinski definition) is 2. The van der Waals surface area contributed by atoms with Gasteiger partial charge in [0.25, 0.3) is 5.56 Å². The first-order valence-electron chi connectivity index (χ1n) is 8.20. The number of benzene rings is 1. The van der Waals surface area contributed by atoms with E-state index in [4.69, 9.17) is 9.47 Å². The van der Waals surface area contributed by atoms with Crippen LogP contribution in [0.2, 0.25) is 0 Å². The summed E-state index contributed by atoms with van der Waals surface area (Å²) >= 11 is 0. The first-order chi connectivity index (χ1) is 13.0. The number of rotatable bonds is 6. The third-order valence-electron chi connectivity index (χ3n) is 4.11. The first kappa shape index (κ1) is 18.2. The number of ether oxygens (including phenoxy) is 2. The molecule has 10 nitrogen and oxygen atoms in total. The lowest BCUT2D eigenvalue weighted by Crippen LogP contribution is -2.29. The summed E-state index contributed by atoms with van der Waals surface area (Å²) in [6, 6.07) is 5.38. The number of fused-ring (bicyclic) bond motifs is 1. The van der Waals surface area contributed by atoms with E-state index in [0.717, 1.165) is 5.56 Å². The van der Waals surface area contributed by atoms with E-state index in [1.54, 1.807) is 44.2 Å². The van der Waals surface area contributed by atoms with Crippen molar-refractivity contribution >= 4 is 23.3 Å². The van der Waals surface area contributed by atoms with Crippen molar-refractivity contribution in [2.24, 2.45) is 12.1 Å². The average molecular weight is 372 g/mol. The van der Waals surface area contributed by atoms with E-state index in [1.807, 2.05) is 13.0 Å². The van der Waals surface area contributed by atoms with Gasteiger partial charge in [-0.3, -0.25) is 14.3 Å². The van der Waals surface area contributed by atoms with E-state index in [0.29, 0.717) is 29.5 Å². The van der Waals surface area contributed by atoms with Crippen LogP contribution >= 0.6 is 0 Å². The Balaban J connectivity index is 1.94. The van der Waals surface area contributed by atoms with Crippen LogP contribution in [-0.2, 0) is 13.6 Å². The molecule has 0 bridgehead atoms. The van der Waals surface area contributed by atoms with E-state index in [9.17, 15) is 9.59 Å². The number of hydrogen-bond acceptors (Lipinski definition) is 7. The molecule has 0 amide bonds. The molecule has 2 N–H and O–H groups in total. The summed E-state index contributed by atoms with van der Waals surface area (Å²) < 4.78 is 13.4. The Morgan fingerprint density at radius 1 is 1.26 bits per heavy atom. The Bertz CT molecular complexity index is 1120. The fourth-order valence-corrected chi connectivity index (χ4v) is 2.73. The lowest BCUT2D eigenvalue weighted by molar-refractivity contribution is 0.355. The highest BCUT2D eigenvalue weighted by atomic mass is 16.5. The summed E-state index contributed by atoms with van der Waals surface area (Å²) in [4.78, 5) is 30.5. The summed E-state index contributed by atoms with van der Waals surface area (Å²) in [5, 5.41) is 4.17. The summed E-state index contributed by atoms with van der Waals surface area (Å²) in [6.45, 7) is 2.35. The molecule has 0 aliphatic heterocycles. The minimum atomic E-state index is -0.520. The standard InChI is InChI=1S/C17H20N6O4/c1-5-23-13-14(22(2)17(25)20-15(13)24)19-16(23)21-18-9-10-6-7-11(26-3)12(8-10)27-4/h6-9H,5H2,1-4H3,(H,19,21)(H,20,24,25). The highest BCUT2D eigenvalue weighted by Gasteiger charge is 2.15. The van der Waals surface area contributed by atoms with Crippen molar-refractivity contribution in [1.29, 1.82) is 0 Å². The lowest BCUT2D eigenvalue weighted by Gasteiger charge is -2.07. The molecule has 0 saturated heterocycles. The molecule has 3 rings (SSSR count). The second-order valence-corrected chi connectivity index (χ2v) is 5.65. The van der Waals surface area contributed by atoms with Gasteiger partial charge in [-0.25, -0.2) is 10.2 Å². The molecule has 0 saturated carbocycles. The molecule has 0 unspecified atom stereocenters. The topological polar surface area (TPSA) is 116 Å². The summed E-state index contributed by atoms with van der Waals surface area (Å²) in [5.74, 6) is 1.57. The Morgan fingerprint density at radius 2 is 2.00 bits per heavy atom. The maximum atomic E-state index is 12.1. The number of methoxy groups -OCH3 is 2. The molecule has 1 aromatic carbocycles. The molecule has 3 aromatic rings. The van der Waals surface area contributed by atoms with Crippen LogP contribution in [0.1, 0.15) is 12.5 Å². The lowest BCUT2D eigenvalue weighted by atomic mass is 10.2. The molecule has 0 atom stereocenters. The molecule has 10 heteroatoms. The van der Waals surface area contributed by atoms with Crippen LogP contribution in [0, 0.1) is 0 Å². The maximum Gasteiger partial charge on any atom is 0.329 e. The van der Waals surface area contributed by atoms with Crippen LogP contribution in [0.3, 0.4) is 0 Å². The zero-order chi connectivity index (χ0) is 19.6. The molecule has 0 fully saturated rings. The van der Waals surface area contributed by atoms with Crippen LogP contribution in [0.4, 0.5) is 5.95 Å². The monoisotopic (exact) mass is 372 g/mol. The third-order valence-corrected chi connectivity index (χ3v) is 4.11. The van der Waals surface area contributed by atoms with Gasteiger partial charge in [0.1, 0.15) is 0 Å². The molecule has 0 aliphatic carbocycles. The van der Waals surface area contributed by atoms with Gasteiger partial charge in [-0.15, -0.1) is 0 Å². The Kier molecular flexibility index (Phi) is 4.97. The predicted molar refractivity (Wildman–Crippen MR) is 102 cm³/mol. The van der Waals surface area contributed by atoms with Crippen LogP contribution < -0.4 is 26.1 Å². The number of anilines is 1. The van der Waals surface area contributed by atoms with Crippen LogP contribution in [0.5, 0.6) is 11.5 Å². The predicted octanol–water partition coefficient (Wildman–Crippen LogP) is 0.906. The number of nitrogens with zero attached hydrogens (tertiary/aromatic N) is 4. The quantitative estimate of drug-likeness (QED) is 0.491. The normalized spacial score (nSPS) is 11.3. The largest absolute Gasteiger partial charge is 0.493 e. The Hall–Kier alpha value is -3.56. The molecular formula is C17H20N6O4. The fraction of sp³-hybridized carbons (Fsp3) is 0.294. The SMILES string of the molecule is CCn1c(NN=Cc2ccc(OC)c(OC)c2)nc2c1c(=O)[nH]c(=O)n2C. The molecule has 2 aromatic heterocycles. The van der Waals surface area contributed by atoms with E-state index in [-0.39, 0.29) is 5.65 Å². The Morgan fingerprint density at radius 3 is 2.67 bits per heavy atom. The Labute approximate surface area is 154 Å². The number of aromatic amines is 1. The van der Waals surface area contributed by atoms with Gasteiger partial charge in [0.15, 0.2) is 22.7 Å². The van der Waals surface area contributed by atoms with Gasteiger partial charge in [-0.1, -0.05) is 0 Å². The van der Waals surface area contributed by atoms with Crippen molar-refractivity contribution in [2.45, 2.75) is 13.5 Å². The van der Waals surface area contributed by atoms with E-state index in [2.05, 4.69) is 20.5 Å². The number of aryl methyl sites for hydroxylation is 2. The maximum absolute atomic E-state index is 12.1. The van der Waals surface area contributed by atoms with Gasteiger partial charge in [-0.2, -0.15) is 10.1 Å². The number of nitrogens with one attached hydrogen (secondary N) is 2. The zero-order valence-electron chi connectivity index (χ0n) is 15.4. The smallest absolute Gasteiger partial charge is 0.329 e. The molecule has 0 radical (unpaired) electrons. The van der Waals surface area contributed by atoms with E-state index < -0.39 is 11.2 Å². The van der Waals surface area contributed by atoms with Crippen LogP contribution in [0.25, 0.3) is 11.2 Å². The number of imidazole rings is 1. The first-order valence-corrected chi connectivity index (χ1v) is 8.20. The molecule has 2 heterocycles. The van der Waals surface area contributed by atoms with Gasteiger partial charge in [0, 0.05) is 13.6 Å². The average Bonchev–Trinajstić information content (AvgIpc) is 3.05. The van der Waals surface area contributed by atoms with Gasteiger partial charge in [-0.05, 0) is 30.7 Å². The van der Waals surface area contributed by atoms with Crippen LogP contribution in [0.15, 0.2) is 32.9 Å². The second-order valence-electron chi connectivity index (χ2n) is 5.65. The van der Waals surface area contributed by atoms with Gasteiger partial charge in [0.2, 0.25) is 5.95 Å². The van der Waals surface area contributed by atoms with Crippen molar-refractivity contribution in [3.63, 3.8) is 0 Å². The minimum absolute atomic E-state index is 0.286. The summed E-state index contributed by atoms with van der Waals surface area (Å²) in [6.07, 6.45) is 1.59. The van der Waals surface area contributed by atoms with Crippen molar-refractivity contribution < 1.29 is 9.47 Å². The number of H-pyrrole nitrogens is 1. The number of hydrazone groups is 1. The molecule has 27 heavy (non-hydrogen) atoms. The highest BCUT2D eigenvalue weighted by molar-refractivity contribution is 5.81. The van der Waals surface area contributed by atoms with Gasteiger partial charge >= 0.3 is 5.69 Å². The number of aromatic nitrogens is 4. The van der Waals surface area contributed by atoms with E-state index >= 15 is 0 Å². The van der Waals surface area contributed by atoms with Crippen molar-refractivity contribution in [1.82, 2.24) is 19.1 Å². The van der Waals surface area contributed by atoms with Crippen LogP contribution in [-0.4, -0.2) is 39.5 Å². The molecule has 0 spiro atoms. The summed E-state index contributed by atoms with van der Waals surface area (Å²) in [5.41, 5.74) is 3.19. The molecular weight excluding hydrogens is 352 g/mol.